The standard InChI is InChI=1S/C18H16N4O3/c23-16-10-14(13-4-1-2-5-15(13)20-16)18(24)22-9-7-12(11-22)25-17-6-3-8-19-21-17/h1-6,8,10,12H,7,9,11H2,(H,20,23)/t12-/m0/s1. The number of benzene rings is 1. The molecule has 0 spiro atoms. The number of carbonyl (C=O) groups is 1. The van der Waals surface area contributed by atoms with Crippen LogP contribution >= 0.6 is 0 Å². The second-order valence-electron chi connectivity index (χ2n) is 5.93. The lowest BCUT2D eigenvalue weighted by Gasteiger charge is -2.17. The number of aromatic amines is 1. The molecule has 7 nitrogen and oxygen atoms in total. The Hall–Kier alpha value is -3.22. The van der Waals surface area contributed by atoms with Gasteiger partial charge in [0.05, 0.1) is 12.1 Å². The van der Waals surface area contributed by atoms with Crippen LogP contribution < -0.4 is 10.3 Å². The van der Waals surface area contributed by atoms with Gasteiger partial charge in [-0.1, -0.05) is 18.2 Å². The predicted molar refractivity (Wildman–Crippen MR) is 91.5 cm³/mol. The van der Waals surface area contributed by atoms with E-state index in [4.69, 9.17) is 4.74 Å². The van der Waals surface area contributed by atoms with Gasteiger partial charge >= 0.3 is 0 Å². The molecule has 1 saturated heterocycles. The van der Waals surface area contributed by atoms with Gasteiger partial charge in [-0.3, -0.25) is 9.59 Å². The molecule has 0 aliphatic carbocycles. The van der Waals surface area contributed by atoms with Crippen LogP contribution in [0.1, 0.15) is 16.8 Å². The van der Waals surface area contributed by atoms with Crippen molar-refractivity contribution in [2.24, 2.45) is 0 Å². The van der Waals surface area contributed by atoms with Gasteiger partial charge in [-0.2, -0.15) is 5.10 Å². The largest absolute Gasteiger partial charge is 0.471 e. The smallest absolute Gasteiger partial charge is 0.254 e. The highest BCUT2D eigenvalue weighted by Gasteiger charge is 2.29. The van der Waals surface area contributed by atoms with Gasteiger partial charge < -0.3 is 14.6 Å². The molecule has 25 heavy (non-hydrogen) atoms. The lowest BCUT2D eigenvalue weighted by Crippen LogP contribution is -2.32. The zero-order chi connectivity index (χ0) is 17.2. The van der Waals surface area contributed by atoms with Crippen LogP contribution in [0.15, 0.2) is 53.5 Å². The first-order valence-corrected chi connectivity index (χ1v) is 8.06. The molecule has 4 rings (SSSR count). The third kappa shape index (κ3) is 3.08. The number of hydrogen-bond acceptors (Lipinski definition) is 5. The molecule has 0 bridgehead atoms. The highest BCUT2D eigenvalue weighted by atomic mass is 16.5. The van der Waals surface area contributed by atoms with E-state index < -0.39 is 0 Å². The minimum absolute atomic E-state index is 0.131. The van der Waals surface area contributed by atoms with Crippen LogP contribution in [0.3, 0.4) is 0 Å². The summed E-state index contributed by atoms with van der Waals surface area (Å²) in [4.78, 5) is 29.2. The summed E-state index contributed by atoms with van der Waals surface area (Å²) in [5.41, 5.74) is 0.790. The van der Waals surface area contributed by atoms with Gasteiger partial charge in [-0.25, -0.2) is 0 Å². The van der Waals surface area contributed by atoms with E-state index in [9.17, 15) is 9.59 Å². The Labute approximate surface area is 143 Å². The number of para-hydroxylation sites is 1. The summed E-state index contributed by atoms with van der Waals surface area (Å²) in [7, 11) is 0. The van der Waals surface area contributed by atoms with Gasteiger partial charge in [0.25, 0.3) is 5.91 Å². The van der Waals surface area contributed by atoms with Gasteiger partial charge in [-0.05, 0) is 12.1 Å². The van der Waals surface area contributed by atoms with Gasteiger partial charge in [0.2, 0.25) is 11.4 Å². The van der Waals surface area contributed by atoms with Crippen LogP contribution in [-0.4, -0.2) is 45.2 Å². The van der Waals surface area contributed by atoms with Crippen molar-refractivity contribution in [3.63, 3.8) is 0 Å². The number of fused-ring (bicyclic) bond motifs is 1. The highest BCUT2D eigenvalue weighted by Crippen LogP contribution is 2.21. The summed E-state index contributed by atoms with van der Waals surface area (Å²) in [6.45, 7) is 1.03. The van der Waals surface area contributed by atoms with Crippen molar-refractivity contribution in [3.8, 4) is 5.88 Å². The fraction of sp³-hybridized carbons (Fsp3) is 0.222. The first-order valence-electron chi connectivity index (χ1n) is 8.06. The molecule has 0 radical (unpaired) electrons. The van der Waals surface area contributed by atoms with Crippen LogP contribution in [0.25, 0.3) is 10.9 Å². The summed E-state index contributed by atoms with van der Waals surface area (Å²) >= 11 is 0. The number of carbonyl (C=O) groups excluding carboxylic acids is 1. The monoisotopic (exact) mass is 336 g/mol. The van der Waals surface area contributed by atoms with Crippen molar-refractivity contribution in [1.82, 2.24) is 20.1 Å². The maximum Gasteiger partial charge on any atom is 0.254 e. The number of amides is 1. The number of H-pyrrole nitrogens is 1. The van der Waals surface area contributed by atoms with E-state index in [1.165, 1.54) is 6.07 Å². The first kappa shape index (κ1) is 15.3. The molecule has 1 aliphatic rings. The van der Waals surface area contributed by atoms with Crippen molar-refractivity contribution in [3.05, 3.63) is 64.6 Å². The molecule has 126 valence electrons. The molecule has 1 aliphatic heterocycles. The van der Waals surface area contributed by atoms with Crippen LogP contribution in [0.4, 0.5) is 0 Å². The lowest BCUT2D eigenvalue weighted by atomic mass is 10.1. The number of hydrogen-bond donors (Lipinski definition) is 1. The van der Waals surface area contributed by atoms with E-state index in [2.05, 4.69) is 15.2 Å². The molecule has 3 heterocycles. The molecular formula is C18H16N4O3. The zero-order valence-corrected chi connectivity index (χ0v) is 13.4. The quantitative estimate of drug-likeness (QED) is 0.785. The first-order chi connectivity index (χ1) is 12.2. The Morgan fingerprint density at radius 3 is 2.96 bits per heavy atom. The summed E-state index contributed by atoms with van der Waals surface area (Å²) in [5.74, 6) is 0.288. The maximum absolute atomic E-state index is 12.9. The van der Waals surface area contributed by atoms with Crippen molar-refractivity contribution in [2.45, 2.75) is 12.5 Å². The Morgan fingerprint density at radius 1 is 1.24 bits per heavy atom. The fourth-order valence-corrected chi connectivity index (χ4v) is 3.08. The van der Waals surface area contributed by atoms with Gasteiger partial charge in [0.1, 0.15) is 6.10 Å². The van der Waals surface area contributed by atoms with Crippen molar-refractivity contribution in [1.29, 1.82) is 0 Å². The van der Waals surface area contributed by atoms with E-state index in [0.717, 1.165) is 5.39 Å². The third-order valence-corrected chi connectivity index (χ3v) is 4.25. The van der Waals surface area contributed by atoms with E-state index in [1.54, 1.807) is 29.3 Å². The molecule has 0 saturated carbocycles. The van der Waals surface area contributed by atoms with Crippen LogP contribution in [0.5, 0.6) is 5.88 Å². The van der Waals surface area contributed by atoms with Gasteiger partial charge in [-0.15, -0.1) is 5.10 Å². The molecular weight excluding hydrogens is 320 g/mol. The molecule has 1 amide bonds. The average molecular weight is 336 g/mol. The van der Waals surface area contributed by atoms with Gasteiger partial charge in [0.15, 0.2) is 0 Å². The number of nitrogens with one attached hydrogen (secondary N) is 1. The van der Waals surface area contributed by atoms with E-state index in [0.29, 0.717) is 36.5 Å². The number of aromatic nitrogens is 3. The molecule has 1 aromatic carbocycles. The zero-order valence-electron chi connectivity index (χ0n) is 13.4. The molecule has 1 fully saturated rings. The van der Waals surface area contributed by atoms with Crippen molar-refractivity contribution < 1.29 is 9.53 Å². The molecule has 2 aromatic heterocycles. The van der Waals surface area contributed by atoms with E-state index >= 15 is 0 Å². The highest BCUT2D eigenvalue weighted by molar-refractivity contribution is 6.06. The number of pyridine rings is 1. The Kier molecular flexibility index (Phi) is 3.89. The Morgan fingerprint density at radius 2 is 2.12 bits per heavy atom. The van der Waals surface area contributed by atoms with Crippen LogP contribution in [0, 0.1) is 0 Å². The maximum atomic E-state index is 12.9. The summed E-state index contributed by atoms with van der Waals surface area (Å²) in [6.07, 6.45) is 2.16. The average Bonchev–Trinajstić information content (AvgIpc) is 3.09. The van der Waals surface area contributed by atoms with E-state index in [-0.39, 0.29) is 17.6 Å². The van der Waals surface area contributed by atoms with Gasteiger partial charge in [0, 0.05) is 42.2 Å². The predicted octanol–water partition coefficient (Wildman–Crippen LogP) is 1.61. The summed E-state index contributed by atoms with van der Waals surface area (Å²) in [6, 6.07) is 12.2. The summed E-state index contributed by atoms with van der Waals surface area (Å²) < 4.78 is 5.77. The minimum atomic E-state index is -0.284. The molecule has 7 heteroatoms. The number of ether oxygens (including phenoxy) is 1. The SMILES string of the molecule is O=C(c1cc(=O)[nH]c2ccccc12)N1CC[C@H](Oc2cccnn2)C1. The van der Waals surface area contributed by atoms with E-state index in [1.807, 2.05) is 18.2 Å². The fourth-order valence-electron chi connectivity index (χ4n) is 3.08. The number of likely N-dealkylation sites (tertiary alicyclic amines) is 1. The van der Waals surface area contributed by atoms with Crippen molar-refractivity contribution in [2.75, 3.05) is 13.1 Å². The molecule has 1 atom stereocenters. The molecule has 3 aromatic rings. The third-order valence-electron chi connectivity index (χ3n) is 4.25. The molecule has 0 unspecified atom stereocenters. The second-order valence-corrected chi connectivity index (χ2v) is 5.93. The number of rotatable bonds is 3. The second kappa shape index (κ2) is 6.35. The number of nitrogens with zero attached hydrogens (tertiary/aromatic N) is 3. The van der Waals surface area contributed by atoms with Crippen molar-refractivity contribution >= 4 is 16.8 Å². The normalized spacial score (nSPS) is 17.0. The van der Waals surface area contributed by atoms with Crippen LogP contribution in [-0.2, 0) is 0 Å². The Bertz CT molecular complexity index is 971. The topological polar surface area (TPSA) is 88.2 Å². The molecule has 1 N–H and O–H groups in total. The Balaban J connectivity index is 1.55. The minimum Gasteiger partial charge on any atom is -0.471 e. The van der Waals surface area contributed by atoms with Crippen LogP contribution in [0.2, 0.25) is 0 Å². The summed E-state index contributed by atoms with van der Waals surface area (Å²) in [5, 5.41) is 8.42. The lowest BCUT2D eigenvalue weighted by molar-refractivity contribution is 0.0772.